The summed E-state index contributed by atoms with van der Waals surface area (Å²) in [6.45, 7) is 6.08. The number of piperidine rings is 1. The van der Waals surface area contributed by atoms with E-state index >= 15 is 0 Å². The van der Waals surface area contributed by atoms with E-state index in [-0.39, 0.29) is 7.43 Å². The van der Waals surface area contributed by atoms with E-state index in [9.17, 15) is 0 Å². The Labute approximate surface area is 135 Å². The van der Waals surface area contributed by atoms with Crippen LogP contribution in [0.1, 0.15) is 25.0 Å². The Bertz CT molecular complexity index is 681. The van der Waals surface area contributed by atoms with Crippen molar-refractivity contribution in [3.63, 3.8) is 0 Å². The number of anilines is 2. The summed E-state index contributed by atoms with van der Waals surface area (Å²) in [6, 6.07) is 4.19. The first-order valence-corrected chi connectivity index (χ1v) is 8.22. The number of morpholine rings is 1. The molecule has 2 atom stereocenters. The lowest BCUT2D eigenvalue weighted by Crippen LogP contribution is -2.57. The molecule has 3 saturated heterocycles. The van der Waals surface area contributed by atoms with E-state index in [4.69, 9.17) is 15.5 Å². The van der Waals surface area contributed by atoms with Crippen molar-refractivity contribution in [3.8, 4) is 11.3 Å². The van der Waals surface area contributed by atoms with Crippen molar-refractivity contribution < 1.29 is 4.74 Å². The summed E-state index contributed by atoms with van der Waals surface area (Å²) < 4.78 is 5.68. The van der Waals surface area contributed by atoms with E-state index in [0.717, 1.165) is 40.7 Å². The van der Waals surface area contributed by atoms with Crippen LogP contribution in [0, 0.1) is 13.8 Å². The Kier molecular flexibility index (Phi) is 3.87. The van der Waals surface area contributed by atoms with Crippen LogP contribution < -0.4 is 10.6 Å². The first-order valence-electron chi connectivity index (χ1n) is 7.34. The third-order valence-corrected chi connectivity index (χ3v) is 5.48. The topological polar surface area (TPSA) is 51.4 Å². The molecular weight excluding hydrogens is 294 g/mol. The summed E-state index contributed by atoms with van der Waals surface area (Å²) in [5.41, 5.74) is 11.5. The SMILES string of the molecule is C.Cc1ccc(-c2csc(N3CC4CC(C3)O4)n2)c(N)c1C. The van der Waals surface area contributed by atoms with Gasteiger partial charge in [-0.25, -0.2) is 4.98 Å². The zero-order valence-electron chi connectivity index (χ0n) is 12.3. The van der Waals surface area contributed by atoms with Crippen LogP contribution in [0.4, 0.5) is 10.8 Å². The van der Waals surface area contributed by atoms with Gasteiger partial charge in [-0.1, -0.05) is 19.6 Å². The monoisotopic (exact) mass is 317 g/mol. The molecule has 3 fully saturated rings. The second kappa shape index (κ2) is 5.56. The Balaban J connectivity index is 0.00000144. The second-order valence-corrected chi connectivity index (χ2v) is 6.84. The minimum absolute atomic E-state index is 0. The van der Waals surface area contributed by atoms with Crippen LogP contribution in [0.3, 0.4) is 0 Å². The minimum atomic E-state index is 0. The molecule has 0 amide bonds. The van der Waals surface area contributed by atoms with Gasteiger partial charge in [0.25, 0.3) is 0 Å². The van der Waals surface area contributed by atoms with Crippen molar-refractivity contribution in [1.29, 1.82) is 0 Å². The number of aryl methyl sites for hydroxylation is 1. The van der Waals surface area contributed by atoms with E-state index in [2.05, 4.69) is 36.3 Å². The first kappa shape index (κ1) is 15.3. The number of nitrogen functional groups attached to an aromatic ring is 1. The molecule has 118 valence electrons. The van der Waals surface area contributed by atoms with Crippen molar-refractivity contribution in [2.75, 3.05) is 23.7 Å². The van der Waals surface area contributed by atoms with E-state index in [1.54, 1.807) is 11.3 Å². The quantitative estimate of drug-likeness (QED) is 0.860. The number of nitrogens with two attached hydrogens (primary N) is 1. The lowest BCUT2D eigenvalue weighted by Gasteiger charge is -2.46. The van der Waals surface area contributed by atoms with Gasteiger partial charge in [0.1, 0.15) is 0 Å². The number of nitrogens with zero attached hydrogens (tertiary/aromatic N) is 2. The van der Waals surface area contributed by atoms with Crippen LogP contribution in [0.25, 0.3) is 11.3 Å². The molecule has 22 heavy (non-hydrogen) atoms. The number of hydrogen-bond donors (Lipinski definition) is 1. The molecule has 0 aliphatic carbocycles. The zero-order chi connectivity index (χ0) is 14.6. The lowest BCUT2D eigenvalue weighted by molar-refractivity contribution is -0.133. The van der Waals surface area contributed by atoms with Crippen LogP contribution in [0.15, 0.2) is 17.5 Å². The second-order valence-electron chi connectivity index (χ2n) is 6.00. The summed E-state index contributed by atoms with van der Waals surface area (Å²) in [5, 5.41) is 3.19. The standard InChI is InChI=1S/C16H19N3OS.CH4/c1-9-3-4-13(15(17)10(9)2)14-8-21-16(18-14)19-6-11-5-12(7-19)20-11;/h3-4,8,11-12H,5-7,17H2,1-2H3;1H4. The largest absolute Gasteiger partial charge is 0.398 e. The lowest BCUT2D eigenvalue weighted by atomic mass is 9.99. The highest BCUT2D eigenvalue weighted by Gasteiger charge is 2.39. The summed E-state index contributed by atoms with van der Waals surface area (Å²) in [4.78, 5) is 7.14. The van der Waals surface area contributed by atoms with Gasteiger partial charge in [0, 0.05) is 36.1 Å². The molecule has 2 aromatic rings. The number of benzene rings is 1. The first-order chi connectivity index (χ1) is 10.1. The summed E-state index contributed by atoms with van der Waals surface area (Å²) in [5.74, 6) is 0. The van der Waals surface area contributed by atoms with Crippen LogP contribution in [0.2, 0.25) is 0 Å². The molecule has 0 spiro atoms. The Hall–Kier alpha value is -1.59. The molecule has 3 aliphatic heterocycles. The minimum Gasteiger partial charge on any atom is -0.398 e. The van der Waals surface area contributed by atoms with Gasteiger partial charge in [0.15, 0.2) is 5.13 Å². The van der Waals surface area contributed by atoms with Crippen molar-refractivity contribution >= 4 is 22.2 Å². The molecule has 0 saturated carbocycles. The third-order valence-electron chi connectivity index (χ3n) is 4.58. The van der Waals surface area contributed by atoms with Crippen LogP contribution >= 0.6 is 11.3 Å². The predicted molar refractivity (Wildman–Crippen MR) is 93.7 cm³/mol. The van der Waals surface area contributed by atoms with Gasteiger partial charge < -0.3 is 15.4 Å². The number of hydrogen-bond acceptors (Lipinski definition) is 5. The normalized spacial score (nSPS) is 22.9. The molecule has 4 heterocycles. The van der Waals surface area contributed by atoms with Crippen LogP contribution in [-0.4, -0.2) is 30.3 Å². The molecule has 2 unspecified atom stereocenters. The Morgan fingerprint density at radius 2 is 1.95 bits per heavy atom. The van der Waals surface area contributed by atoms with E-state index in [0.29, 0.717) is 12.2 Å². The van der Waals surface area contributed by atoms with Gasteiger partial charge in [0.2, 0.25) is 0 Å². The van der Waals surface area contributed by atoms with Gasteiger partial charge in [-0.2, -0.15) is 0 Å². The van der Waals surface area contributed by atoms with E-state index < -0.39 is 0 Å². The summed E-state index contributed by atoms with van der Waals surface area (Å²) in [7, 11) is 0. The van der Waals surface area contributed by atoms with Gasteiger partial charge in [-0.3, -0.25) is 0 Å². The molecular formula is C17H23N3OS. The van der Waals surface area contributed by atoms with Crippen molar-refractivity contribution in [2.45, 2.75) is 39.9 Å². The molecule has 5 rings (SSSR count). The highest BCUT2D eigenvalue weighted by molar-refractivity contribution is 7.14. The van der Waals surface area contributed by atoms with Crippen molar-refractivity contribution in [3.05, 3.63) is 28.6 Å². The Morgan fingerprint density at radius 3 is 2.64 bits per heavy atom. The fourth-order valence-corrected chi connectivity index (χ4v) is 3.95. The fraction of sp³-hybridized carbons (Fsp3) is 0.471. The molecule has 5 heteroatoms. The van der Waals surface area contributed by atoms with E-state index in [1.165, 1.54) is 12.0 Å². The van der Waals surface area contributed by atoms with Crippen molar-refractivity contribution in [1.82, 2.24) is 4.98 Å². The molecule has 2 N–H and O–H groups in total. The molecule has 4 nitrogen and oxygen atoms in total. The summed E-state index contributed by atoms with van der Waals surface area (Å²) in [6.07, 6.45) is 2.02. The number of ether oxygens (including phenoxy) is 1. The van der Waals surface area contributed by atoms with Gasteiger partial charge in [-0.15, -0.1) is 11.3 Å². The van der Waals surface area contributed by atoms with E-state index in [1.807, 2.05) is 0 Å². The molecule has 1 aromatic heterocycles. The van der Waals surface area contributed by atoms with Gasteiger partial charge >= 0.3 is 0 Å². The number of fused-ring (bicyclic) bond motifs is 2. The third kappa shape index (κ3) is 2.38. The zero-order valence-corrected chi connectivity index (χ0v) is 13.1. The highest BCUT2D eigenvalue weighted by Crippen LogP contribution is 2.36. The Morgan fingerprint density at radius 1 is 1.27 bits per heavy atom. The number of rotatable bonds is 2. The maximum atomic E-state index is 6.26. The maximum Gasteiger partial charge on any atom is 0.186 e. The van der Waals surface area contributed by atoms with Gasteiger partial charge in [0.05, 0.1) is 17.9 Å². The average Bonchev–Trinajstić information content (AvgIpc) is 2.94. The molecule has 0 radical (unpaired) electrons. The highest BCUT2D eigenvalue weighted by atomic mass is 32.1. The number of aromatic nitrogens is 1. The van der Waals surface area contributed by atoms with Gasteiger partial charge in [-0.05, 0) is 25.0 Å². The van der Waals surface area contributed by atoms with Crippen LogP contribution in [-0.2, 0) is 4.74 Å². The fourth-order valence-electron chi connectivity index (χ4n) is 3.11. The average molecular weight is 317 g/mol. The molecule has 1 aromatic carbocycles. The smallest absolute Gasteiger partial charge is 0.186 e. The predicted octanol–water partition coefficient (Wildman–Crippen LogP) is 3.62. The van der Waals surface area contributed by atoms with Crippen LogP contribution in [0.5, 0.6) is 0 Å². The van der Waals surface area contributed by atoms with Crippen molar-refractivity contribution in [2.24, 2.45) is 0 Å². The number of thiazole rings is 1. The molecule has 3 aliphatic rings. The summed E-state index contributed by atoms with van der Waals surface area (Å²) >= 11 is 1.70. The molecule has 2 bridgehead atoms. The maximum absolute atomic E-state index is 6.26.